The van der Waals surface area contributed by atoms with Crippen molar-refractivity contribution < 1.29 is 0 Å². The molecule has 0 spiro atoms. The molecular formula is C19H21N3OS. The molecule has 0 saturated carbocycles. The van der Waals surface area contributed by atoms with Crippen LogP contribution < -0.4 is 5.56 Å². The number of fused-ring (bicyclic) bond motifs is 1. The van der Waals surface area contributed by atoms with Gasteiger partial charge in [0.2, 0.25) is 0 Å². The quantitative estimate of drug-likeness (QED) is 0.718. The van der Waals surface area contributed by atoms with Gasteiger partial charge in [-0.25, -0.2) is 0 Å². The average molecular weight is 339 g/mol. The Morgan fingerprint density at radius 1 is 1.25 bits per heavy atom. The fourth-order valence-electron chi connectivity index (χ4n) is 2.72. The smallest absolute Gasteiger partial charge is 0.252 e. The molecule has 0 amide bonds. The van der Waals surface area contributed by atoms with Crippen LogP contribution in [0.25, 0.3) is 10.9 Å². The summed E-state index contributed by atoms with van der Waals surface area (Å²) in [6, 6.07) is 14.2. The molecular weight excluding hydrogens is 318 g/mol. The van der Waals surface area contributed by atoms with E-state index in [1.165, 1.54) is 0 Å². The SMILES string of the molecule is CSc1ccc2cc(CN(C)[C@@H](C)c3ccccn3)c(=O)[nH]c2c1. The second-order valence-electron chi connectivity index (χ2n) is 5.92. The van der Waals surface area contributed by atoms with Crippen LogP contribution >= 0.6 is 11.8 Å². The maximum atomic E-state index is 12.4. The van der Waals surface area contributed by atoms with Crippen LogP contribution in [0.2, 0.25) is 0 Å². The summed E-state index contributed by atoms with van der Waals surface area (Å²) in [4.78, 5) is 23.1. The second-order valence-corrected chi connectivity index (χ2v) is 6.80. The molecule has 0 aliphatic carbocycles. The molecule has 0 fully saturated rings. The third-order valence-corrected chi connectivity index (χ3v) is 5.05. The zero-order valence-corrected chi connectivity index (χ0v) is 14.9. The van der Waals surface area contributed by atoms with Gasteiger partial charge in [-0.2, -0.15) is 0 Å². The van der Waals surface area contributed by atoms with Crippen LogP contribution in [0.4, 0.5) is 0 Å². The van der Waals surface area contributed by atoms with E-state index in [2.05, 4.69) is 33.9 Å². The van der Waals surface area contributed by atoms with Gasteiger partial charge in [0, 0.05) is 34.8 Å². The number of aromatic nitrogens is 2. The van der Waals surface area contributed by atoms with E-state index in [4.69, 9.17) is 0 Å². The summed E-state index contributed by atoms with van der Waals surface area (Å²) < 4.78 is 0. The highest BCUT2D eigenvalue weighted by atomic mass is 32.2. The molecule has 4 nitrogen and oxygen atoms in total. The maximum absolute atomic E-state index is 12.4. The molecule has 0 aliphatic rings. The monoisotopic (exact) mass is 339 g/mol. The number of thioether (sulfide) groups is 1. The van der Waals surface area contributed by atoms with Crippen molar-refractivity contribution in [1.82, 2.24) is 14.9 Å². The Balaban J connectivity index is 1.87. The highest BCUT2D eigenvalue weighted by Gasteiger charge is 2.15. The lowest BCUT2D eigenvalue weighted by atomic mass is 10.1. The fourth-order valence-corrected chi connectivity index (χ4v) is 3.16. The zero-order chi connectivity index (χ0) is 17.1. The first-order valence-corrected chi connectivity index (χ1v) is 9.12. The molecule has 24 heavy (non-hydrogen) atoms. The van der Waals surface area contributed by atoms with Crippen LogP contribution in [0.5, 0.6) is 0 Å². The van der Waals surface area contributed by atoms with Gasteiger partial charge in [0.05, 0.1) is 5.69 Å². The number of H-pyrrole nitrogens is 1. The van der Waals surface area contributed by atoms with Gasteiger partial charge >= 0.3 is 0 Å². The molecule has 0 unspecified atom stereocenters. The molecule has 1 aromatic carbocycles. The van der Waals surface area contributed by atoms with E-state index in [-0.39, 0.29) is 11.6 Å². The number of rotatable bonds is 5. The van der Waals surface area contributed by atoms with Crippen molar-refractivity contribution in [2.75, 3.05) is 13.3 Å². The summed E-state index contributed by atoms with van der Waals surface area (Å²) in [5.41, 5.74) is 2.63. The van der Waals surface area contributed by atoms with Gasteiger partial charge in [-0.3, -0.25) is 14.7 Å². The normalized spacial score (nSPS) is 12.7. The predicted molar refractivity (Wildman–Crippen MR) is 100 cm³/mol. The lowest BCUT2D eigenvalue weighted by Crippen LogP contribution is -2.26. The third kappa shape index (κ3) is 3.52. The first-order valence-electron chi connectivity index (χ1n) is 7.89. The van der Waals surface area contributed by atoms with Crippen LogP contribution in [0, 0.1) is 0 Å². The van der Waals surface area contributed by atoms with Crippen molar-refractivity contribution in [3.63, 3.8) is 0 Å². The van der Waals surface area contributed by atoms with E-state index in [0.29, 0.717) is 6.54 Å². The Morgan fingerprint density at radius 3 is 2.79 bits per heavy atom. The van der Waals surface area contributed by atoms with Crippen molar-refractivity contribution in [3.8, 4) is 0 Å². The Labute approximate surface area is 145 Å². The topological polar surface area (TPSA) is 49.0 Å². The molecule has 0 radical (unpaired) electrons. The molecule has 3 rings (SSSR count). The standard InChI is InChI=1S/C19H21N3OS/c1-13(17-6-4-5-9-20-17)22(2)12-15-10-14-7-8-16(24-3)11-18(14)21-19(15)23/h4-11,13H,12H2,1-3H3,(H,21,23)/t13-/m0/s1. The molecule has 1 N–H and O–H groups in total. The van der Waals surface area contributed by atoms with E-state index in [1.54, 1.807) is 18.0 Å². The number of benzene rings is 1. The predicted octanol–water partition coefficient (Wildman–Crippen LogP) is 3.84. The minimum Gasteiger partial charge on any atom is -0.322 e. The van der Waals surface area contributed by atoms with Crippen molar-refractivity contribution >= 4 is 22.7 Å². The molecule has 1 atom stereocenters. The van der Waals surface area contributed by atoms with Crippen LogP contribution in [0.3, 0.4) is 0 Å². The summed E-state index contributed by atoms with van der Waals surface area (Å²) in [5.74, 6) is 0. The average Bonchev–Trinajstić information content (AvgIpc) is 2.62. The van der Waals surface area contributed by atoms with Gasteiger partial charge < -0.3 is 4.98 Å². The minimum atomic E-state index is -0.0270. The van der Waals surface area contributed by atoms with Gasteiger partial charge in [0.15, 0.2) is 0 Å². The number of nitrogens with zero attached hydrogens (tertiary/aromatic N) is 2. The largest absolute Gasteiger partial charge is 0.322 e. The number of hydrogen-bond acceptors (Lipinski definition) is 4. The van der Waals surface area contributed by atoms with Gasteiger partial charge in [-0.15, -0.1) is 11.8 Å². The first kappa shape index (κ1) is 16.7. The van der Waals surface area contributed by atoms with Crippen LogP contribution in [0.15, 0.2) is 58.4 Å². The highest BCUT2D eigenvalue weighted by Crippen LogP contribution is 2.22. The molecule has 2 aromatic heterocycles. The number of hydrogen-bond donors (Lipinski definition) is 1. The van der Waals surface area contributed by atoms with Gasteiger partial charge in [-0.05, 0) is 55.9 Å². The number of pyridine rings is 2. The summed E-state index contributed by atoms with van der Waals surface area (Å²) >= 11 is 1.67. The number of aromatic amines is 1. The molecule has 3 aromatic rings. The summed E-state index contributed by atoms with van der Waals surface area (Å²) in [5, 5.41) is 1.06. The van der Waals surface area contributed by atoms with E-state index in [0.717, 1.165) is 27.1 Å². The molecule has 124 valence electrons. The van der Waals surface area contributed by atoms with Crippen LogP contribution in [-0.4, -0.2) is 28.2 Å². The van der Waals surface area contributed by atoms with Crippen LogP contribution in [0.1, 0.15) is 24.2 Å². The summed E-state index contributed by atoms with van der Waals surface area (Å²) in [7, 11) is 2.01. The number of nitrogens with one attached hydrogen (secondary N) is 1. The maximum Gasteiger partial charge on any atom is 0.252 e. The molecule has 2 heterocycles. The molecule has 0 bridgehead atoms. The third-order valence-electron chi connectivity index (χ3n) is 4.33. The van der Waals surface area contributed by atoms with E-state index in [9.17, 15) is 4.79 Å². The van der Waals surface area contributed by atoms with Crippen LogP contribution in [-0.2, 0) is 6.54 Å². The van der Waals surface area contributed by atoms with Crippen molar-refractivity contribution in [3.05, 3.63) is 70.3 Å². The van der Waals surface area contributed by atoms with Crippen molar-refractivity contribution in [1.29, 1.82) is 0 Å². The van der Waals surface area contributed by atoms with Crippen molar-refractivity contribution in [2.45, 2.75) is 24.4 Å². The minimum absolute atomic E-state index is 0.0270. The summed E-state index contributed by atoms with van der Waals surface area (Å²) in [6.45, 7) is 2.68. The van der Waals surface area contributed by atoms with Gasteiger partial charge in [0.25, 0.3) is 5.56 Å². The lowest BCUT2D eigenvalue weighted by Gasteiger charge is -2.24. The summed E-state index contributed by atoms with van der Waals surface area (Å²) in [6.07, 6.45) is 3.83. The van der Waals surface area contributed by atoms with Crippen molar-refractivity contribution in [2.24, 2.45) is 0 Å². The zero-order valence-electron chi connectivity index (χ0n) is 14.1. The second kappa shape index (κ2) is 7.20. The van der Waals surface area contributed by atoms with E-state index < -0.39 is 0 Å². The van der Waals surface area contributed by atoms with Gasteiger partial charge in [0.1, 0.15) is 0 Å². The Bertz CT molecular complexity index is 892. The Hall–Kier alpha value is -2.11. The fraction of sp³-hybridized carbons (Fsp3) is 0.263. The molecule has 0 aliphatic heterocycles. The van der Waals surface area contributed by atoms with E-state index in [1.807, 2.05) is 43.6 Å². The molecule has 5 heteroatoms. The molecule has 0 saturated heterocycles. The van der Waals surface area contributed by atoms with E-state index >= 15 is 0 Å². The first-order chi connectivity index (χ1) is 11.6. The Kier molecular flexibility index (Phi) is 5.02. The Morgan fingerprint density at radius 2 is 2.08 bits per heavy atom. The van der Waals surface area contributed by atoms with Gasteiger partial charge in [-0.1, -0.05) is 12.1 Å². The lowest BCUT2D eigenvalue weighted by molar-refractivity contribution is 0.248. The highest BCUT2D eigenvalue weighted by molar-refractivity contribution is 7.98.